The lowest BCUT2D eigenvalue weighted by Gasteiger charge is -2.37. The van der Waals surface area contributed by atoms with Gasteiger partial charge in [-0.25, -0.2) is 4.98 Å². The lowest BCUT2D eigenvalue weighted by molar-refractivity contribution is 0.587. The monoisotopic (exact) mass is 894 g/mol. The maximum absolute atomic E-state index is 5.18. The quantitative estimate of drug-likeness (QED) is 0.166. The van der Waals surface area contributed by atoms with Crippen molar-refractivity contribution in [3.05, 3.63) is 239 Å². The molecule has 69 heavy (non-hydrogen) atoms. The van der Waals surface area contributed by atoms with Crippen molar-refractivity contribution in [1.82, 2.24) is 9.55 Å². The number of nitrogens with zero attached hydrogens (tertiary/aromatic N) is 4. The Labute approximate surface area is 407 Å². The fourth-order valence-corrected chi connectivity index (χ4v) is 11.4. The van der Waals surface area contributed by atoms with Gasteiger partial charge >= 0.3 is 0 Å². The Morgan fingerprint density at radius 1 is 0.464 bits per heavy atom. The van der Waals surface area contributed by atoms with Crippen molar-refractivity contribution in [2.24, 2.45) is 0 Å². The van der Waals surface area contributed by atoms with Gasteiger partial charge in [-0.1, -0.05) is 163 Å². The molecule has 10 aromatic rings. The largest absolute Gasteiger partial charge is 0.321 e. The van der Waals surface area contributed by atoms with Crippen LogP contribution in [0.25, 0.3) is 49.9 Å². The summed E-state index contributed by atoms with van der Waals surface area (Å²) in [6, 6.07) is 70.9. The van der Waals surface area contributed by atoms with Gasteiger partial charge in [0, 0.05) is 28.3 Å². The molecule has 12 rings (SSSR count). The fraction of sp³-hybridized carbons (Fsp3) is 0.185. The number of para-hydroxylation sites is 2. The highest BCUT2D eigenvalue weighted by molar-refractivity contribution is 6.16. The summed E-state index contributed by atoms with van der Waals surface area (Å²) in [5, 5.41) is 2.43. The zero-order chi connectivity index (χ0) is 47.4. The first-order chi connectivity index (χ1) is 33.3. The Morgan fingerprint density at radius 3 is 1.68 bits per heavy atom. The summed E-state index contributed by atoms with van der Waals surface area (Å²) in [7, 11) is 0. The van der Waals surface area contributed by atoms with E-state index in [1.54, 1.807) is 0 Å². The van der Waals surface area contributed by atoms with Crippen LogP contribution in [-0.2, 0) is 16.2 Å². The van der Waals surface area contributed by atoms with Crippen LogP contribution in [0, 0.1) is 13.8 Å². The van der Waals surface area contributed by atoms with E-state index in [2.05, 4.69) is 258 Å². The van der Waals surface area contributed by atoms with E-state index in [1.165, 1.54) is 100 Å². The molecule has 0 spiro atoms. The van der Waals surface area contributed by atoms with E-state index in [4.69, 9.17) is 4.98 Å². The third-order valence-electron chi connectivity index (χ3n) is 15.1. The van der Waals surface area contributed by atoms with Gasteiger partial charge < -0.3 is 9.80 Å². The Balaban J connectivity index is 1.22. The molecule has 1 aliphatic heterocycles. The summed E-state index contributed by atoms with van der Waals surface area (Å²) < 4.78 is 2.43. The molecule has 0 bridgehead atoms. The molecule has 0 atom stereocenters. The van der Waals surface area contributed by atoms with E-state index in [9.17, 15) is 0 Å². The average molecular weight is 895 g/mol. The molecule has 2 aliphatic rings. The van der Waals surface area contributed by atoms with Gasteiger partial charge in [0.1, 0.15) is 12.5 Å². The van der Waals surface area contributed by atoms with Crippen LogP contribution >= 0.6 is 0 Å². The smallest absolute Gasteiger partial charge is 0.137 e. The standard InChI is InChI=1S/C65H58N4/c1-42-33-58-59(34-43(42)2)68(41-67(58)49-23-13-10-14-24-49)50-36-46(64(6,7)8)35-47(37-50)65(55-28-18-15-25-51(55)52-26-16-19-29-56(52)65)48-38-54(44-21-11-9-12-22-44)62-53-27-17-20-30-57(53)69(60(62)39-48)61-40-45(31-32-66-61)63(3,4)5/h9-40H,41H2,1-8H3. The predicted molar refractivity (Wildman–Crippen MR) is 290 cm³/mol. The molecule has 0 N–H and O–H groups in total. The van der Waals surface area contributed by atoms with Crippen LogP contribution in [0.15, 0.2) is 194 Å². The zero-order valence-electron chi connectivity index (χ0n) is 41.0. The van der Waals surface area contributed by atoms with E-state index in [1.807, 2.05) is 6.20 Å². The molecular weight excluding hydrogens is 837 g/mol. The van der Waals surface area contributed by atoms with E-state index in [-0.39, 0.29) is 10.8 Å². The van der Waals surface area contributed by atoms with Crippen molar-refractivity contribution in [3.8, 4) is 28.1 Å². The summed E-state index contributed by atoms with van der Waals surface area (Å²) in [5.74, 6) is 0.921. The number of aromatic nitrogens is 2. The minimum Gasteiger partial charge on any atom is -0.321 e. The van der Waals surface area contributed by atoms with Crippen molar-refractivity contribution in [2.45, 2.75) is 71.6 Å². The summed E-state index contributed by atoms with van der Waals surface area (Å²) in [5.41, 5.74) is 21.3. The molecule has 0 unspecified atom stereocenters. The number of rotatable bonds is 6. The second-order valence-electron chi connectivity index (χ2n) is 21.4. The van der Waals surface area contributed by atoms with Crippen molar-refractivity contribution >= 4 is 44.6 Å². The lowest BCUT2D eigenvalue weighted by atomic mass is 9.66. The highest BCUT2D eigenvalue weighted by atomic mass is 15.4. The summed E-state index contributed by atoms with van der Waals surface area (Å²) in [6.07, 6.45) is 1.99. The molecule has 1 aliphatic carbocycles. The Hall–Kier alpha value is -7.69. The summed E-state index contributed by atoms with van der Waals surface area (Å²) in [6.45, 7) is 19.1. The van der Waals surface area contributed by atoms with Crippen molar-refractivity contribution < 1.29 is 0 Å². The topological polar surface area (TPSA) is 24.3 Å². The van der Waals surface area contributed by atoms with Crippen LogP contribution < -0.4 is 9.80 Å². The molecule has 8 aromatic carbocycles. The van der Waals surface area contributed by atoms with Gasteiger partial charge in [-0.05, 0) is 158 Å². The van der Waals surface area contributed by atoms with Crippen molar-refractivity contribution in [3.63, 3.8) is 0 Å². The fourth-order valence-electron chi connectivity index (χ4n) is 11.4. The van der Waals surface area contributed by atoms with Gasteiger partial charge in [-0.3, -0.25) is 4.57 Å². The zero-order valence-corrected chi connectivity index (χ0v) is 41.0. The Kier molecular flexibility index (Phi) is 9.69. The summed E-state index contributed by atoms with van der Waals surface area (Å²) in [4.78, 5) is 10.2. The van der Waals surface area contributed by atoms with Crippen molar-refractivity contribution in [1.29, 1.82) is 0 Å². The minimum atomic E-state index is -0.715. The van der Waals surface area contributed by atoms with Crippen LogP contribution in [-0.4, -0.2) is 16.2 Å². The molecule has 0 saturated carbocycles. The third-order valence-corrected chi connectivity index (χ3v) is 15.1. The van der Waals surface area contributed by atoms with E-state index >= 15 is 0 Å². The molecule has 3 heterocycles. The highest BCUT2D eigenvalue weighted by Crippen LogP contribution is 2.59. The first-order valence-electron chi connectivity index (χ1n) is 24.5. The van der Waals surface area contributed by atoms with Crippen LogP contribution in [0.5, 0.6) is 0 Å². The van der Waals surface area contributed by atoms with Crippen LogP contribution in [0.3, 0.4) is 0 Å². The van der Waals surface area contributed by atoms with Crippen molar-refractivity contribution in [2.75, 3.05) is 16.5 Å². The normalized spacial score (nSPS) is 14.1. The predicted octanol–water partition coefficient (Wildman–Crippen LogP) is 16.7. The number of aryl methyl sites for hydroxylation is 2. The number of benzene rings is 8. The van der Waals surface area contributed by atoms with E-state index in [0.29, 0.717) is 6.67 Å². The average Bonchev–Trinajstić information content (AvgIpc) is 4.00. The molecule has 0 saturated heterocycles. The second-order valence-corrected chi connectivity index (χ2v) is 21.4. The van der Waals surface area contributed by atoms with Crippen LogP contribution in [0.4, 0.5) is 22.7 Å². The second kappa shape index (κ2) is 15.7. The SMILES string of the molecule is Cc1cc2c(cc1C)N(c1cc(C(C)(C)C)cc(C3(c4cc(-c5ccccc5)c5c6ccccc6n(-c6cc(C(C)(C)C)ccn6)c5c4)c4ccccc4-c4ccccc43)c1)CN2c1ccccc1. The Morgan fingerprint density at radius 2 is 1.03 bits per heavy atom. The number of hydrogen-bond acceptors (Lipinski definition) is 3. The Bertz CT molecular complexity index is 3590. The maximum Gasteiger partial charge on any atom is 0.137 e. The molecule has 0 fully saturated rings. The van der Waals surface area contributed by atoms with Crippen LogP contribution in [0.1, 0.15) is 86.1 Å². The molecular formula is C65H58N4. The third kappa shape index (κ3) is 6.67. The number of pyridine rings is 1. The van der Waals surface area contributed by atoms with Gasteiger partial charge in [0.2, 0.25) is 0 Å². The van der Waals surface area contributed by atoms with Gasteiger partial charge in [0.25, 0.3) is 0 Å². The molecule has 4 heteroatoms. The van der Waals surface area contributed by atoms with E-state index < -0.39 is 5.41 Å². The molecule has 2 aromatic heterocycles. The highest BCUT2D eigenvalue weighted by Gasteiger charge is 2.47. The number of hydrogen-bond donors (Lipinski definition) is 0. The maximum atomic E-state index is 5.18. The minimum absolute atomic E-state index is 0.0561. The molecule has 4 nitrogen and oxygen atoms in total. The summed E-state index contributed by atoms with van der Waals surface area (Å²) >= 11 is 0. The van der Waals surface area contributed by atoms with E-state index in [0.717, 1.165) is 16.9 Å². The molecule has 0 radical (unpaired) electrons. The van der Waals surface area contributed by atoms with Gasteiger partial charge in [-0.2, -0.15) is 0 Å². The van der Waals surface area contributed by atoms with Gasteiger partial charge in [0.05, 0.1) is 27.8 Å². The van der Waals surface area contributed by atoms with Gasteiger partial charge in [0.15, 0.2) is 0 Å². The first kappa shape index (κ1) is 42.6. The first-order valence-corrected chi connectivity index (χ1v) is 24.5. The molecule has 338 valence electrons. The van der Waals surface area contributed by atoms with Gasteiger partial charge in [-0.15, -0.1) is 0 Å². The number of fused-ring (bicyclic) bond motifs is 7. The lowest BCUT2D eigenvalue weighted by Crippen LogP contribution is -2.30. The van der Waals surface area contributed by atoms with Crippen LogP contribution in [0.2, 0.25) is 0 Å². The number of anilines is 4. The molecule has 0 amide bonds.